The first-order valence-corrected chi connectivity index (χ1v) is 7.56. The molecule has 0 aliphatic heterocycles. The van der Waals surface area contributed by atoms with Crippen LogP contribution in [0.25, 0.3) is 0 Å². The SMILES string of the molecule is CC(C)=NOC(=O)c1c(S(C)(=O)=O)ccc(C)c1C. The number of rotatable bonds is 3. The van der Waals surface area contributed by atoms with Crippen LogP contribution in [0.5, 0.6) is 0 Å². The number of hydrogen-bond acceptors (Lipinski definition) is 5. The largest absolute Gasteiger partial charge is 0.367 e. The molecule has 6 heteroatoms. The number of carbonyl (C=O) groups excluding carboxylic acids is 1. The van der Waals surface area contributed by atoms with E-state index < -0.39 is 15.8 Å². The highest BCUT2D eigenvalue weighted by Crippen LogP contribution is 2.23. The standard InChI is InChI=1S/C13H17NO4S/c1-8(2)14-18-13(15)12-10(4)9(3)6-7-11(12)19(5,16)17/h6-7H,1-5H3. The second kappa shape index (κ2) is 5.52. The van der Waals surface area contributed by atoms with Crippen LogP contribution >= 0.6 is 0 Å². The van der Waals surface area contributed by atoms with Crippen molar-refractivity contribution < 1.29 is 18.0 Å². The van der Waals surface area contributed by atoms with Gasteiger partial charge in [-0.1, -0.05) is 11.2 Å². The van der Waals surface area contributed by atoms with Gasteiger partial charge in [0, 0.05) is 6.26 Å². The molecule has 0 spiro atoms. The molecule has 0 amide bonds. The summed E-state index contributed by atoms with van der Waals surface area (Å²) < 4.78 is 23.4. The van der Waals surface area contributed by atoms with Crippen LogP contribution in [0.1, 0.15) is 35.3 Å². The summed E-state index contributed by atoms with van der Waals surface area (Å²) in [7, 11) is -3.51. The Morgan fingerprint density at radius 2 is 1.79 bits per heavy atom. The van der Waals surface area contributed by atoms with Crippen LogP contribution in [0.2, 0.25) is 0 Å². The molecule has 1 aromatic rings. The molecule has 0 fully saturated rings. The van der Waals surface area contributed by atoms with Crippen LogP contribution in [-0.2, 0) is 14.7 Å². The number of nitrogens with zero attached hydrogens (tertiary/aromatic N) is 1. The lowest BCUT2D eigenvalue weighted by Crippen LogP contribution is -2.12. The Hall–Kier alpha value is -1.69. The maximum Gasteiger partial charge on any atom is 0.367 e. The fraction of sp³-hybridized carbons (Fsp3) is 0.385. The van der Waals surface area contributed by atoms with E-state index >= 15 is 0 Å². The first kappa shape index (κ1) is 15.4. The number of sulfone groups is 1. The van der Waals surface area contributed by atoms with Gasteiger partial charge in [0.25, 0.3) is 0 Å². The van der Waals surface area contributed by atoms with E-state index in [1.165, 1.54) is 6.07 Å². The Morgan fingerprint density at radius 3 is 2.26 bits per heavy atom. The minimum Gasteiger partial charge on any atom is -0.313 e. The normalized spacial score (nSPS) is 11.0. The Labute approximate surface area is 113 Å². The lowest BCUT2D eigenvalue weighted by molar-refractivity contribution is 0.0510. The van der Waals surface area contributed by atoms with Crippen molar-refractivity contribution in [2.75, 3.05) is 6.26 Å². The van der Waals surface area contributed by atoms with Crippen LogP contribution in [-0.4, -0.2) is 26.4 Å². The molecular weight excluding hydrogens is 266 g/mol. The van der Waals surface area contributed by atoms with Gasteiger partial charge >= 0.3 is 5.97 Å². The number of benzene rings is 1. The van der Waals surface area contributed by atoms with E-state index in [9.17, 15) is 13.2 Å². The molecule has 0 aliphatic rings. The highest BCUT2D eigenvalue weighted by Gasteiger charge is 2.23. The zero-order chi connectivity index (χ0) is 14.8. The molecule has 19 heavy (non-hydrogen) atoms. The Morgan fingerprint density at radius 1 is 1.21 bits per heavy atom. The van der Waals surface area contributed by atoms with Crippen molar-refractivity contribution in [1.29, 1.82) is 0 Å². The maximum absolute atomic E-state index is 12.0. The molecule has 0 heterocycles. The van der Waals surface area contributed by atoms with E-state index in [1.54, 1.807) is 33.8 Å². The highest BCUT2D eigenvalue weighted by atomic mass is 32.2. The molecule has 1 rings (SSSR count). The van der Waals surface area contributed by atoms with E-state index in [0.717, 1.165) is 11.8 Å². The lowest BCUT2D eigenvalue weighted by Gasteiger charge is -2.11. The van der Waals surface area contributed by atoms with Crippen molar-refractivity contribution >= 4 is 21.5 Å². The maximum atomic E-state index is 12.0. The van der Waals surface area contributed by atoms with Crippen LogP contribution in [0, 0.1) is 13.8 Å². The fourth-order valence-electron chi connectivity index (χ4n) is 1.53. The molecule has 0 saturated heterocycles. The third-order valence-corrected chi connectivity index (χ3v) is 3.75. The lowest BCUT2D eigenvalue weighted by atomic mass is 10.0. The summed E-state index contributed by atoms with van der Waals surface area (Å²) in [5, 5.41) is 3.57. The van der Waals surface area contributed by atoms with Gasteiger partial charge in [0.15, 0.2) is 9.84 Å². The van der Waals surface area contributed by atoms with Crippen LogP contribution < -0.4 is 0 Å². The van der Waals surface area contributed by atoms with E-state index in [4.69, 9.17) is 4.84 Å². The van der Waals surface area contributed by atoms with E-state index in [-0.39, 0.29) is 10.5 Å². The van der Waals surface area contributed by atoms with Crippen molar-refractivity contribution in [2.24, 2.45) is 5.16 Å². The molecule has 1 aromatic carbocycles. The highest BCUT2D eigenvalue weighted by molar-refractivity contribution is 7.90. The van der Waals surface area contributed by atoms with Crippen LogP contribution in [0.3, 0.4) is 0 Å². The van der Waals surface area contributed by atoms with Gasteiger partial charge in [-0.05, 0) is 44.9 Å². The molecule has 0 N–H and O–H groups in total. The van der Waals surface area contributed by atoms with Gasteiger partial charge in [-0.25, -0.2) is 13.2 Å². The minimum atomic E-state index is -3.51. The van der Waals surface area contributed by atoms with E-state index in [2.05, 4.69) is 5.16 Å². The molecule has 0 atom stereocenters. The second-order valence-electron chi connectivity index (χ2n) is 4.57. The molecule has 0 aliphatic carbocycles. The molecule has 104 valence electrons. The van der Waals surface area contributed by atoms with Gasteiger partial charge in [-0.15, -0.1) is 0 Å². The second-order valence-corrected chi connectivity index (χ2v) is 6.55. The zero-order valence-electron chi connectivity index (χ0n) is 11.6. The molecular formula is C13H17NO4S. The van der Waals surface area contributed by atoms with Crippen LogP contribution in [0.15, 0.2) is 22.2 Å². The summed E-state index contributed by atoms with van der Waals surface area (Å²) >= 11 is 0. The average Bonchev–Trinajstić information content (AvgIpc) is 2.27. The van der Waals surface area contributed by atoms with Crippen molar-refractivity contribution in [3.05, 3.63) is 28.8 Å². The summed E-state index contributed by atoms with van der Waals surface area (Å²) in [5.41, 5.74) is 2.01. The van der Waals surface area contributed by atoms with Gasteiger partial charge in [0.2, 0.25) is 0 Å². The molecule has 0 radical (unpaired) electrons. The van der Waals surface area contributed by atoms with Crippen LogP contribution in [0.4, 0.5) is 0 Å². The molecule has 5 nitrogen and oxygen atoms in total. The Balaban J connectivity index is 3.44. The number of aryl methyl sites for hydroxylation is 1. The van der Waals surface area contributed by atoms with E-state index in [1.807, 2.05) is 0 Å². The first-order chi connectivity index (χ1) is 8.64. The van der Waals surface area contributed by atoms with Crippen molar-refractivity contribution in [3.8, 4) is 0 Å². The number of carbonyl (C=O) groups is 1. The van der Waals surface area contributed by atoms with Crippen molar-refractivity contribution in [3.63, 3.8) is 0 Å². The predicted molar refractivity (Wildman–Crippen MR) is 73.2 cm³/mol. The fourth-order valence-corrected chi connectivity index (χ4v) is 2.45. The number of hydrogen-bond donors (Lipinski definition) is 0. The quantitative estimate of drug-likeness (QED) is 0.484. The summed E-state index contributed by atoms with van der Waals surface area (Å²) in [5.74, 6) is -0.761. The summed E-state index contributed by atoms with van der Waals surface area (Å²) in [4.78, 5) is 16.7. The molecule has 0 bridgehead atoms. The average molecular weight is 283 g/mol. The third-order valence-electron chi connectivity index (χ3n) is 2.61. The topological polar surface area (TPSA) is 72.8 Å². The summed E-state index contributed by atoms with van der Waals surface area (Å²) in [6.07, 6.45) is 1.06. The van der Waals surface area contributed by atoms with Gasteiger partial charge in [-0.3, -0.25) is 0 Å². The Kier molecular flexibility index (Phi) is 4.47. The van der Waals surface area contributed by atoms with Crippen molar-refractivity contribution in [2.45, 2.75) is 32.6 Å². The van der Waals surface area contributed by atoms with Gasteiger partial charge < -0.3 is 4.84 Å². The molecule has 0 aromatic heterocycles. The summed E-state index contributed by atoms with van der Waals surface area (Å²) in [6.45, 7) is 6.83. The smallest absolute Gasteiger partial charge is 0.313 e. The molecule has 0 saturated carbocycles. The minimum absolute atomic E-state index is 0.0374. The zero-order valence-corrected chi connectivity index (χ0v) is 12.5. The van der Waals surface area contributed by atoms with Gasteiger partial charge in [-0.2, -0.15) is 0 Å². The van der Waals surface area contributed by atoms with E-state index in [0.29, 0.717) is 11.3 Å². The number of oxime groups is 1. The Bertz CT molecular complexity index is 641. The first-order valence-electron chi connectivity index (χ1n) is 5.67. The third kappa shape index (κ3) is 3.64. The summed E-state index contributed by atoms with van der Waals surface area (Å²) in [6, 6.07) is 3.08. The van der Waals surface area contributed by atoms with Crippen molar-refractivity contribution in [1.82, 2.24) is 0 Å². The van der Waals surface area contributed by atoms with Gasteiger partial charge in [0.1, 0.15) is 0 Å². The molecule has 0 unspecified atom stereocenters. The van der Waals surface area contributed by atoms with Gasteiger partial charge in [0.05, 0.1) is 16.2 Å². The predicted octanol–water partition coefficient (Wildman–Crippen LogP) is 2.26. The monoisotopic (exact) mass is 283 g/mol.